The zero-order valence-corrected chi connectivity index (χ0v) is 13.4. The van der Waals surface area contributed by atoms with Gasteiger partial charge in [-0.3, -0.25) is 9.89 Å². The van der Waals surface area contributed by atoms with E-state index >= 15 is 0 Å². The highest BCUT2D eigenvalue weighted by Gasteiger charge is 2.42. The van der Waals surface area contributed by atoms with Crippen LogP contribution in [0.5, 0.6) is 0 Å². The number of hydrogen-bond donors (Lipinski definition) is 2. The van der Waals surface area contributed by atoms with E-state index in [0.29, 0.717) is 31.5 Å². The van der Waals surface area contributed by atoms with Crippen molar-refractivity contribution in [2.75, 3.05) is 13.2 Å². The van der Waals surface area contributed by atoms with Gasteiger partial charge in [0.15, 0.2) is 5.69 Å². The second kappa shape index (κ2) is 6.74. The van der Waals surface area contributed by atoms with Crippen molar-refractivity contribution in [2.45, 2.75) is 57.2 Å². The summed E-state index contributed by atoms with van der Waals surface area (Å²) in [6, 6.07) is 0.226. The number of fused-ring (bicyclic) bond motifs is 1. The topological polar surface area (TPSA) is 69.2 Å². The minimum atomic E-state index is -4.49. The number of aromatic nitrogens is 2. The van der Waals surface area contributed by atoms with Gasteiger partial charge in [-0.15, -0.1) is 0 Å². The molecule has 0 bridgehead atoms. The summed E-state index contributed by atoms with van der Waals surface area (Å²) in [5.74, 6) is -0.457. The van der Waals surface area contributed by atoms with Crippen LogP contribution in [0.4, 0.5) is 13.2 Å². The highest BCUT2D eigenvalue weighted by Crippen LogP contribution is 2.37. The van der Waals surface area contributed by atoms with Gasteiger partial charge in [-0.1, -0.05) is 0 Å². The molecule has 0 saturated heterocycles. The zero-order chi connectivity index (χ0) is 17.3. The Morgan fingerprint density at radius 3 is 2.67 bits per heavy atom. The quantitative estimate of drug-likeness (QED) is 0.778. The fourth-order valence-electron chi connectivity index (χ4n) is 3.43. The van der Waals surface area contributed by atoms with Gasteiger partial charge in [0.1, 0.15) is 0 Å². The maximum Gasteiger partial charge on any atom is 0.435 e. The number of aromatic amines is 1. The van der Waals surface area contributed by atoms with Crippen LogP contribution in [-0.4, -0.2) is 45.3 Å². The Labute approximate surface area is 138 Å². The van der Waals surface area contributed by atoms with E-state index in [1.54, 1.807) is 0 Å². The number of rotatable bonds is 6. The molecule has 1 heterocycles. The number of aliphatic hydroxyl groups excluding tert-OH is 1. The summed E-state index contributed by atoms with van der Waals surface area (Å²) in [7, 11) is 0. The molecule has 1 amide bonds. The normalized spacial score (nSPS) is 20.8. The van der Waals surface area contributed by atoms with Crippen molar-refractivity contribution in [2.24, 2.45) is 5.92 Å². The molecular weight excluding hydrogens is 323 g/mol. The molecule has 1 unspecified atom stereocenters. The number of H-pyrrole nitrogens is 1. The van der Waals surface area contributed by atoms with Crippen molar-refractivity contribution in [3.8, 4) is 0 Å². The predicted octanol–water partition coefficient (Wildman–Crippen LogP) is 2.30. The van der Waals surface area contributed by atoms with Crippen LogP contribution in [0.25, 0.3) is 0 Å². The van der Waals surface area contributed by atoms with Crippen LogP contribution in [-0.2, 0) is 23.8 Å². The van der Waals surface area contributed by atoms with Crippen LogP contribution < -0.4 is 0 Å². The molecule has 2 N–H and O–H groups in total. The maximum atomic E-state index is 13.0. The molecule has 1 fully saturated rings. The minimum Gasteiger partial charge on any atom is -0.396 e. The second-order valence-corrected chi connectivity index (χ2v) is 6.66. The lowest BCUT2D eigenvalue weighted by Crippen LogP contribution is -2.40. The van der Waals surface area contributed by atoms with E-state index in [9.17, 15) is 18.0 Å². The first-order chi connectivity index (χ1) is 11.4. The molecule has 3 rings (SSSR count). The van der Waals surface area contributed by atoms with Crippen molar-refractivity contribution in [1.82, 2.24) is 15.1 Å². The molecule has 1 aromatic rings. The number of hydrogen-bond acceptors (Lipinski definition) is 3. The van der Waals surface area contributed by atoms with Crippen LogP contribution in [0.1, 0.15) is 49.1 Å². The predicted molar refractivity (Wildman–Crippen MR) is 80.2 cm³/mol. The van der Waals surface area contributed by atoms with E-state index in [4.69, 9.17) is 5.11 Å². The number of nitrogens with zero attached hydrogens (tertiary/aromatic N) is 2. The second-order valence-electron chi connectivity index (χ2n) is 6.66. The zero-order valence-electron chi connectivity index (χ0n) is 13.4. The number of aryl methyl sites for hydroxylation is 1. The Morgan fingerprint density at radius 1 is 1.29 bits per heavy atom. The molecule has 5 nitrogen and oxygen atoms in total. The number of alkyl halides is 3. The highest BCUT2D eigenvalue weighted by molar-refractivity contribution is 5.80. The third kappa shape index (κ3) is 3.58. The van der Waals surface area contributed by atoms with Crippen LogP contribution in [0, 0.1) is 5.92 Å². The van der Waals surface area contributed by atoms with Gasteiger partial charge in [-0.25, -0.2) is 0 Å². The molecule has 24 heavy (non-hydrogen) atoms. The van der Waals surface area contributed by atoms with E-state index in [0.717, 1.165) is 19.3 Å². The van der Waals surface area contributed by atoms with Crippen molar-refractivity contribution in [3.05, 3.63) is 17.0 Å². The van der Waals surface area contributed by atoms with Gasteiger partial charge >= 0.3 is 6.18 Å². The average Bonchev–Trinajstić information content (AvgIpc) is 3.27. The lowest BCUT2D eigenvalue weighted by molar-refractivity contribution is -0.143. The molecule has 1 saturated carbocycles. The van der Waals surface area contributed by atoms with E-state index in [2.05, 4.69) is 10.2 Å². The summed E-state index contributed by atoms with van der Waals surface area (Å²) < 4.78 is 39.1. The number of unbranched alkanes of at least 4 members (excludes halogenated alkanes) is 1. The van der Waals surface area contributed by atoms with Gasteiger partial charge in [0.2, 0.25) is 5.91 Å². The smallest absolute Gasteiger partial charge is 0.396 e. The Balaban J connectivity index is 1.71. The number of carbonyl (C=O) groups excluding carboxylic acids is 1. The highest BCUT2D eigenvalue weighted by atomic mass is 19.4. The molecule has 2 aliphatic carbocycles. The summed E-state index contributed by atoms with van der Waals surface area (Å²) in [4.78, 5) is 14.6. The van der Waals surface area contributed by atoms with Crippen molar-refractivity contribution in [1.29, 1.82) is 0 Å². The molecular formula is C16H22F3N3O2. The molecule has 1 atom stereocenters. The number of nitrogens with one attached hydrogen (secondary N) is 1. The SMILES string of the molecule is O=C(C1CCc2[nH]nc(C(F)(F)F)c2C1)N(CCCCO)C1CC1. The Bertz CT molecular complexity index is 596. The monoisotopic (exact) mass is 345 g/mol. The number of amides is 1. The Kier molecular flexibility index (Phi) is 4.85. The molecule has 8 heteroatoms. The lowest BCUT2D eigenvalue weighted by Gasteiger charge is -2.29. The van der Waals surface area contributed by atoms with Gasteiger partial charge in [0, 0.05) is 36.4 Å². The van der Waals surface area contributed by atoms with Crippen molar-refractivity contribution < 1.29 is 23.1 Å². The summed E-state index contributed by atoms with van der Waals surface area (Å²) in [6.07, 6.45) is -0.153. The molecule has 1 aromatic heterocycles. The summed E-state index contributed by atoms with van der Waals surface area (Å²) in [5, 5.41) is 14.8. The van der Waals surface area contributed by atoms with Crippen molar-refractivity contribution in [3.63, 3.8) is 0 Å². The number of carbonyl (C=O) groups is 1. The van der Waals surface area contributed by atoms with E-state index in [1.165, 1.54) is 0 Å². The minimum absolute atomic E-state index is 0.0459. The summed E-state index contributed by atoms with van der Waals surface area (Å²) in [6.45, 7) is 0.661. The standard InChI is InChI=1S/C16H22F3N3O2/c17-16(18,19)14-12-9-10(3-6-13(12)20-21-14)15(24)22(11-4-5-11)7-1-2-8-23/h10-11,23H,1-9H2,(H,20,21). The molecule has 0 spiro atoms. The van der Waals surface area contributed by atoms with E-state index in [1.807, 2.05) is 4.90 Å². The molecule has 0 aromatic carbocycles. The van der Waals surface area contributed by atoms with Gasteiger partial charge in [-0.05, 0) is 44.9 Å². The lowest BCUT2D eigenvalue weighted by atomic mass is 9.85. The van der Waals surface area contributed by atoms with Crippen LogP contribution in [0.2, 0.25) is 0 Å². The first kappa shape index (κ1) is 17.3. The third-order valence-corrected chi connectivity index (χ3v) is 4.84. The fourth-order valence-corrected chi connectivity index (χ4v) is 3.43. The first-order valence-corrected chi connectivity index (χ1v) is 8.46. The van der Waals surface area contributed by atoms with Crippen LogP contribution >= 0.6 is 0 Å². The largest absolute Gasteiger partial charge is 0.435 e. The molecule has 0 radical (unpaired) electrons. The van der Waals surface area contributed by atoms with Gasteiger partial charge < -0.3 is 10.0 Å². The number of aliphatic hydroxyl groups is 1. The van der Waals surface area contributed by atoms with E-state index in [-0.39, 0.29) is 30.5 Å². The Morgan fingerprint density at radius 2 is 2.04 bits per heavy atom. The summed E-state index contributed by atoms with van der Waals surface area (Å²) >= 11 is 0. The van der Waals surface area contributed by atoms with Gasteiger partial charge in [-0.2, -0.15) is 18.3 Å². The van der Waals surface area contributed by atoms with Gasteiger partial charge in [0.25, 0.3) is 0 Å². The first-order valence-electron chi connectivity index (χ1n) is 8.46. The van der Waals surface area contributed by atoms with E-state index < -0.39 is 17.8 Å². The van der Waals surface area contributed by atoms with Crippen LogP contribution in [0.15, 0.2) is 0 Å². The van der Waals surface area contributed by atoms with Crippen molar-refractivity contribution >= 4 is 5.91 Å². The third-order valence-electron chi connectivity index (χ3n) is 4.84. The van der Waals surface area contributed by atoms with Crippen LogP contribution in [0.3, 0.4) is 0 Å². The maximum absolute atomic E-state index is 13.0. The fraction of sp³-hybridized carbons (Fsp3) is 0.750. The van der Waals surface area contributed by atoms with Gasteiger partial charge in [0.05, 0.1) is 0 Å². The Hall–Kier alpha value is -1.57. The number of halogens is 3. The summed E-state index contributed by atoms with van der Waals surface area (Å²) in [5.41, 5.74) is -0.226. The molecule has 2 aliphatic rings. The molecule has 134 valence electrons. The molecule has 0 aliphatic heterocycles. The average molecular weight is 345 g/mol.